The van der Waals surface area contributed by atoms with E-state index in [4.69, 9.17) is 9.47 Å². The monoisotopic (exact) mass is 364 g/mol. The van der Waals surface area contributed by atoms with Crippen LogP contribution in [0, 0.1) is 5.41 Å². The lowest BCUT2D eigenvalue weighted by molar-refractivity contribution is -0.147. The lowest BCUT2D eigenvalue weighted by Crippen LogP contribution is -2.37. The zero-order valence-corrected chi connectivity index (χ0v) is 16.4. The molecular formula is C24H28O3. The maximum Gasteiger partial charge on any atom is 0.316 e. The van der Waals surface area contributed by atoms with E-state index < -0.39 is 5.41 Å². The first-order valence-corrected chi connectivity index (χ1v) is 9.57. The van der Waals surface area contributed by atoms with Crippen LogP contribution in [-0.4, -0.2) is 12.1 Å². The molecule has 1 aliphatic carbocycles. The van der Waals surface area contributed by atoms with Crippen molar-refractivity contribution in [2.75, 3.05) is 0 Å². The van der Waals surface area contributed by atoms with E-state index in [1.165, 1.54) is 23.7 Å². The summed E-state index contributed by atoms with van der Waals surface area (Å²) in [5, 5.41) is 0. The minimum Gasteiger partial charge on any atom is -0.494 e. The maximum atomic E-state index is 11.9. The van der Waals surface area contributed by atoms with Crippen molar-refractivity contribution in [1.29, 1.82) is 0 Å². The van der Waals surface area contributed by atoms with Crippen LogP contribution in [0.5, 0.6) is 0 Å². The second kappa shape index (κ2) is 7.99. The van der Waals surface area contributed by atoms with Crippen LogP contribution >= 0.6 is 0 Å². The lowest BCUT2D eigenvalue weighted by atomic mass is 9.71. The number of esters is 1. The van der Waals surface area contributed by atoms with Crippen molar-refractivity contribution in [3.63, 3.8) is 0 Å². The fourth-order valence-corrected chi connectivity index (χ4v) is 3.85. The summed E-state index contributed by atoms with van der Waals surface area (Å²) in [6.07, 6.45) is 5.96. The standard InChI is InChI=1S/C24H28O3/c1-23(2,3)22(25)27-18-17-26-21-15-10-16-24(21,19-11-6-4-7-12-19)20-13-8-5-9-14-20/h4-9,11-14,17-18,21H,10,15-16H2,1-3H3/b18-17-. The van der Waals surface area contributed by atoms with Gasteiger partial charge in [-0.3, -0.25) is 4.79 Å². The zero-order chi connectivity index (χ0) is 19.3. The minimum atomic E-state index is -0.532. The van der Waals surface area contributed by atoms with Gasteiger partial charge in [0.2, 0.25) is 0 Å². The van der Waals surface area contributed by atoms with Gasteiger partial charge in [0.1, 0.15) is 18.6 Å². The Morgan fingerprint density at radius 1 is 0.963 bits per heavy atom. The third-order valence-corrected chi connectivity index (χ3v) is 5.25. The number of rotatable bonds is 5. The molecule has 2 aromatic carbocycles. The highest BCUT2D eigenvalue weighted by molar-refractivity contribution is 5.75. The van der Waals surface area contributed by atoms with Gasteiger partial charge >= 0.3 is 5.97 Å². The molecule has 0 radical (unpaired) electrons. The van der Waals surface area contributed by atoms with Crippen molar-refractivity contribution in [3.05, 3.63) is 84.3 Å². The summed E-state index contributed by atoms with van der Waals surface area (Å²) in [5.41, 5.74) is 1.80. The molecule has 0 aliphatic heterocycles. The normalized spacial score (nSPS) is 19.1. The van der Waals surface area contributed by atoms with Crippen molar-refractivity contribution in [3.8, 4) is 0 Å². The van der Waals surface area contributed by atoms with E-state index in [-0.39, 0.29) is 17.5 Å². The van der Waals surface area contributed by atoms with E-state index >= 15 is 0 Å². The molecule has 27 heavy (non-hydrogen) atoms. The Bertz CT molecular complexity index is 733. The summed E-state index contributed by atoms with van der Waals surface area (Å²) < 4.78 is 11.3. The molecule has 0 bridgehead atoms. The molecule has 1 saturated carbocycles. The molecule has 1 fully saturated rings. The molecule has 0 amide bonds. The summed E-state index contributed by atoms with van der Waals surface area (Å²) in [7, 11) is 0. The van der Waals surface area contributed by atoms with Crippen LogP contribution in [0.25, 0.3) is 0 Å². The largest absolute Gasteiger partial charge is 0.494 e. The quantitative estimate of drug-likeness (QED) is 0.511. The Hall–Kier alpha value is -2.55. The predicted octanol–water partition coefficient (Wildman–Crippen LogP) is 5.60. The summed E-state index contributed by atoms with van der Waals surface area (Å²) in [6.45, 7) is 5.49. The first kappa shape index (κ1) is 19.2. The average Bonchev–Trinajstić information content (AvgIpc) is 3.10. The third-order valence-electron chi connectivity index (χ3n) is 5.25. The Kier molecular flexibility index (Phi) is 5.69. The molecule has 3 rings (SSSR count). The number of carbonyl (C=O) groups excluding carboxylic acids is 1. The Morgan fingerprint density at radius 2 is 1.52 bits per heavy atom. The molecule has 0 aromatic heterocycles. The van der Waals surface area contributed by atoms with Crippen LogP contribution < -0.4 is 0 Å². The van der Waals surface area contributed by atoms with Gasteiger partial charge in [-0.1, -0.05) is 60.7 Å². The lowest BCUT2D eigenvalue weighted by Gasteiger charge is -2.36. The molecule has 3 nitrogen and oxygen atoms in total. The van der Waals surface area contributed by atoms with Gasteiger partial charge in [0.25, 0.3) is 0 Å². The van der Waals surface area contributed by atoms with Crippen molar-refractivity contribution < 1.29 is 14.3 Å². The van der Waals surface area contributed by atoms with E-state index in [0.29, 0.717) is 0 Å². The fraction of sp³-hybridized carbons (Fsp3) is 0.375. The molecule has 1 atom stereocenters. The Labute approximate surface area is 162 Å². The first-order chi connectivity index (χ1) is 12.9. The second-order valence-electron chi connectivity index (χ2n) is 8.15. The number of ether oxygens (including phenoxy) is 2. The van der Waals surface area contributed by atoms with Gasteiger partial charge in [0.15, 0.2) is 0 Å². The highest BCUT2D eigenvalue weighted by Crippen LogP contribution is 2.48. The van der Waals surface area contributed by atoms with Gasteiger partial charge in [-0.05, 0) is 51.2 Å². The van der Waals surface area contributed by atoms with E-state index in [0.717, 1.165) is 19.3 Å². The van der Waals surface area contributed by atoms with Crippen LogP contribution in [0.4, 0.5) is 0 Å². The van der Waals surface area contributed by atoms with Crippen molar-refractivity contribution >= 4 is 5.97 Å². The van der Waals surface area contributed by atoms with E-state index in [1.807, 2.05) is 32.9 Å². The summed E-state index contributed by atoms with van der Waals surface area (Å²) in [5.74, 6) is -0.272. The maximum absolute atomic E-state index is 11.9. The average molecular weight is 364 g/mol. The van der Waals surface area contributed by atoms with Crippen molar-refractivity contribution in [2.45, 2.75) is 51.6 Å². The van der Waals surface area contributed by atoms with Crippen LogP contribution in [-0.2, 0) is 19.7 Å². The first-order valence-electron chi connectivity index (χ1n) is 9.57. The molecule has 0 heterocycles. The highest BCUT2D eigenvalue weighted by Gasteiger charge is 2.46. The minimum absolute atomic E-state index is 0.00751. The van der Waals surface area contributed by atoms with Gasteiger partial charge in [-0.2, -0.15) is 0 Å². The smallest absolute Gasteiger partial charge is 0.316 e. The molecule has 0 saturated heterocycles. The summed E-state index contributed by atoms with van der Waals surface area (Å²) in [6, 6.07) is 21.1. The highest BCUT2D eigenvalue weighted by atomic mass is 16.5. The van der Waals surface area contributed by atoms with E-state index in [9.17, 15) is 4.79 Å². The van der Waals surface area contributed by atoms with E-state index in [1.54, 1.807) is 0 Å². The summed E-state index contributed by atoms with van der Waals surface area (Å²) >= 11 is 0. The van der Waals surface area contributed by atoms with Crippen LogP contribution in [0.2, 0.25) is 0 Å². The SMILES string of the molecule is CC(C)(C)C(=O)O/C=C\OC1CCCC1(c1ccccc1)c1ccccc1. The number of hydrogen-bond acceptors (Lipinski definition) is 3. The molecule has 3 heteroatoms. The number of hydrogen-bond donors (Lipinski definition) is 0. The Morgan fingerprint density at radius 3 is 2.04 bits per heavy atom. The predicted molar refractivity (Wildman–Crippen MR) is 107 cm³/mol. The topological polar surface area (TPSA) is 35.5 Å². The molecule has 2 aromatic rings. The summed E-state index contributed by atoms with van der Waals surface area (Å²) in [4.78, 5) is 11.9. The van der Waals surface area contributed by atoms with E-state index in [2.05, 4.69) is 48.5 Å². The van der Waals surface area contributed by atoms with Gasteiger partial charge < -0.3 is 9.47 Å². The zero-order valence-electron chi connectivity index (χ0n) is 16.4. The Balaban J connectivity index is 1.84. The fourth-order valence-electron chi connectivity index (χ4n) is 3.85. The van der Waals surface area contributed by atoms with Crippen molar-refractivity contribution in [2.24, 2.45) is 5.41 Å². The van der Waals surface area contributed by atoms with Gasteiger partial charge in [0.05, 0.1) is 10.8 Å². The van der Waals surface area contributed by atoms with Gasteiger partial charge in [-0.25, -0.2) is 0 Å². The van der Waals surface area contributed by atoms with Gasteiger partial charge in [-0.15, -0.1) is 0 Å². The molecule has 0 N–H and O–H groups in total. The van der Waals surface area contributed by atoms with Gasteiger partial charge in [0, 0.05) is 0 Å². The van der Waals surface area contributed by atoms with Crippen LogP contribution in [0.15, 0.2) is 73.2 Å². The van der Waals surface area contributed by atoms with Crippen LogP contribution in [0.3, 0.4) is 0 Å². The second-order valence-corrected chi connectivity index (χ2v) is 8.15. The molecule has 1 unspecified atom stereocenters. The van der Waals surface area contributed by atoms with Crippen LogP contribution in [0.1, 0.15) is 51.2 Å². The molecule has 1 aliphatic rings. The molecular weight excluding hydrogens is 336 g/mol. The van der Waals surface area contributed by atoms with Crippen molar-refractivity contribution in [1.82, 2.24) is 0 Å². The molecule has 0 spiro atoms. The number of carbonyl (C=O) groups is 1. The number of benzene rings is 2. The third kappa shape index (κ3) is 4.08. The molecule has 142 valence electrons.